The minimum Gasteiger partial charge on any atom is -0.138 e. The summed E-state index contributed by atoms with van der Waals surface area (Å²) in [4.78, 5) is 0. The van der Waals surface area contributed by atoms with Crippen molar-refractivity contribution in [2.45, 2.75) is 69.6 Å². The smallest absolute Gasteiger partial charge is 0.0150 e. The average Bonchev–Trinajstić information content (AvgIpc) is 3.11. The molecule has 1 aromatic carbocycles. The second kappa shape index (κ2) is 7.57. The first-order valence-corrected chi connectivity index (χ1v) is 10.5. The van der Waals surface area contributed by atoms with Crippen molar-refractivity contribution in [2.24, 2.45) is 0 Å². The van der Waals surface area contributed by atoms with Crippen LogP contribution in [0.4, 0.5) is 0 Å². The highest BCUT2D eigenvalue weighted by Crippen LogP contribution is 2.55. The molecule has 4 atom stereocenters. The third kappa shape index (κ3) is 3.38. The van der Waals surface area contributed by atoms with Crippen molar-refractivity contribution in [3.63, 3.8) is 0 Å². The van der Waals surface area contributed by atoms with Crippen LogP contribution in [0.3, 0.4) is 0 Å². The van der Waals surface area contributed by atoms with E-state index in [1.54, 1.807) is 11.1 Å². The van der Waals surface area contributed by atoms with Crippen LogP contribution < -0.4 is 0 Å². The standard InChI is InChI=1S/C19H30P2/c20-11-3-1-5-14-7-8-15(6-2-4-12-21)19-17-10-9-16(13-17)18(14)19/h7-8,16-17H,1-6,9-13,20-21H2. The van der Waals surface area contributed by atoms with Crippen LogP contribution in [0.2, 0.25) is 0 Å². The first-order chi connectivity index (χ1) is 10.3. The Labute approximate surface area is 135 Å². The minimum absolute atomic E-state index is 0.915. The molecule has 1 aromatic rings. The van der Waals surface area contributed by atoms with Crippen LogP contribution in [-0.2, 0) is 12.8 Å². The lowest BCUT2D eigenvalue weighted by atomic mass is 9.82. The Morgan fingerprint density at radius 2 is 1.24 bits per heavy atom. The van der Waals surface area contributed by atoms with Gasteiger partial charge in [-0.25, -0.2) is 0 Å². The van der Waals surface area contributed by atoms with Crippen molar-refractivity contribution < 1.29 is 0 Å². The molecule has 1 fully saturated rings. The molecule has 0 aliphatic heterocycles. The van der Waals surface area contributed by atoms with Crippen LogP contribution >= 0.6 is 18.5 Å². The quantitative estimate of drug-likeness (QED) is 0.441. The SMILES string of the molecule is PCCCCc1ccc(CCCCP)c2c1C1CCC2C1. The maximum absolute atomic E-state index is 2.87. The molecule has 1 saturated carbocycles. The second-order valence-electron chi connectivity index (χ2n) is 6.91. The molecule has 3 rings (SSSR count). The van der Waals surface area contributed by atoms with Gasteiger partial charge in [-0.1, -0.05) is 12.1 Å². The van der Waals surface area contributed by atoms with Gasteiger partial charge in [0.1, 0.15) is 0 Å². The lowest BCUT2D eigenvalue weighted by molar-refractivity contribution is 0.687. The summed E-state index contributed by atoms with van der Waals surface area (Å²) in [6.07, 6.45) is 14.9. The molecule has 0 amide bonds. The monoisotopic (exact) mass is 320 g/mol. The lowest BCUT2D eigenvalue weighted by Gasteiger charge is -2.22. The van der Waals surface area contributed by atoms with Gasteiger partial charge < -0.3 is 0 Å². The highest BCUT2D eigenvalue weighted by atomic mass is 31.0. The number of aryl methyl sites for hydroxylation is 2. The molecular formula is C19H30P2. The molecule has 2 aliphatic carbocycles. The van der Waals surface area contributed by atoms with E-state index in [9.17, 15) is 0 Å². The van der Waals surface area contributed by atoms with Gasteiger partial charge in [-0.05, 0) is 104 Å². The molecule has 2 bridgehead atoms. The molecule has 2 heteroatoms. The number of rotatable bonds is 8. The Hall–Kier alpha value is 0.0800. The van der Waals surface area contributed by atoms with E-state index >= 15 is 0 Å². The van der Waals surface area contributed by atoms with E-state index in [2.05, 4.69) is 30.6 Å². The molecular weight excluding hydrogens is 290 g/mol. The van der Waals surface area contributed by atoms with Gasteiger partial charge in [0.15, 0.2) is 0 Å². The fourth-order valence-corrected chi connectivity index (χ4v) is 5.13. The Kier molecular flexibility index (Phi) is 5.75. The van der Waals surface area contributed by atoms with Crippen LogP contribution in [0.25, 0.3) is 0 Å². The maximum Gasteiger partial charge on any atom is -0.0150 e. The molecule has 0 saturated heterocycles. The van der Waals surface area contributed by atoms with Crippen molar-refractivity contribution in [3.8, 4) is 0 Å². The zero-order chi connectivity index (χ0) is 14.7. The van der Waals surface area contributed by atoms with Gasteiger partial charge in [0.2, 0.25) is 0 Å². The van der Waals surface area contributed by atoms with Crippen molar-refractivity contribution in [1.29, 1.82) is 0 Å². The van der Waals surface area contributed by atoms with Crippen LogP contribution in [-0.4, -0.2) is 12.3 Å². The number of hydrogen-bond acceptors (Lipinski definition) is 0. The number of unbranched alkanes of at least 4 members (excludes halogenated alkanes) is 2. The molecule has 0 aromatic heterocycles. The van der Waals surface area contributed by atoms with Crippen LogP contribution in [0, 0.1) is 0 Å². The van der Waals surface area contributed by atoms with Gasteiger partial charge in [-0.3, -0.25) is 0 Å². The van der Waals surface area contributed by atoms with Gasteiger partial charge in [0.25, 0.3) is 0 Å². The largest absolute Gasteiger partial charge is 0.138 e. The predicted molar refractivity (Wildman–Crippen MR) is 101 cm³/mol. The Morgan fingerprint density at radius 3 is 1.67 bits per heavy atom. The van der Waals surface area contributed by atoms with Gasteiger partial charge in [0.05, 0.1) is 0 Å². The van der Waals surface area contributed by atoms with E-state index in [-0.39, 0.29) is 0 Å². The first-order valence-electron chi connectivity index (χ1n) is 8.89. The highest BCUT2D eigenvalue weighted by Gasteiger charge is 2.39. The number of benzene rings is 1. The van der Waals surface area contributed by atoms with Gasteiger partial charge in [-0.15, -0.1) is 18.5 Å². The molecule has 0 radical (unpaired) electrons. The summed E-state index contributed by atoms with van der Waals surface area (Å²) in [7, 11) is 5.73. The average molecular weight is 320 g/mol. The third-order valence-corrected chi connectivity index (χ3v) is 6.33. The Balaban J connectivity index is 1.82. The van der Waals surface area contributed by atoms with Crippen LogP contribution in [0.15, 0.2) is 12.1 Å². The van der Waals surface area contributed by atoms with Crippen LogP contribution in [0.5, 0.6) is 0 Å². The topological polar surface area (TPSA) is 0 Å². The molecule has 2 aliphatic rings. The minimum atomic E-state index is 0.915. The van der Waals surface area contributed by atoms with Crippen molar-refractivity contribution in [1.82, 2.24) is 0 Å². The van der Waals surface area contributed by atoms with E-state index in [1.807, 2.05) is 11.1 Å². The van der Waals surface area contributed by atoms with Gasteiger partial charge in [0, 0.05) is 0 Å². The lowest BCUT2D eigenvalue weighted by Crippen LogP contribution is -2.07. The van der Waals surface area contributed by atoms with E-state index < -0.39 is 0 Å². The molecule has 0 heterocycles. The summed E-state index contributed by atoms with van der Waals surface area (Å²) in [5.41, 5.74) is 7.03. The third-order valence-electron chi connectivity index (χ3n) is 5.52. The van der Waals surface area contributed by atoms with Crippen LogP contribution in [0.1, 0.15) is 79.0 Å². The summed E-state index contributed by atoms with van der Waals surface area (Å²) in [6, 6.07) is 4.97. The maximum atomic E-state index is 2.87. The fourth-order valence-electron chi connectivity index (χ4n) is 4.55. The van der Waals surface area contributed by atoms with Crippen molar-refractivity contribution in [3.05, 3.63) is 34.4 Å². The normalized spacial score (nSPS) is 22.8. The molecule has 21 heavy (non-hydrogen) atoms. The van der Waals surface area contributed by atoms with E-state index in [0.717, 1.165) is 11.8 Å². The first kappa shape index (κ1) is 16.0. The second-order valence-corrected chi connectivity index (χ2v) is 8.06. The fraction of sp³-hybridized carbons (Fsp3) is 0.684. The zero-order valence-corrected chi connectivity index (χ0v) is 15.6. The summed E-state index contributed by atoms with van der Waals surface area (Å²) in [5.74, 6) is 1.83. The summed E-state index contributed by atoms with van der Waals surface area (Å²) >= 11 is 0. The van der Waals surface area contributed by atoms with Crippen molar-refractivity contribution in [2.75, 3.05) is 12.3 Å². The highest BCUT2D eigenvalue weighted by molar-refractivity contribution is 7.16. The zero-order valence-electron chi connectivity index (χ0n) is 13.2. The van der Waals surface area contributed by atoms with Crippen molar-refractivity contribution >= 4 is 18.5 Å². The summed E-state index contributed by atoms with van der Waals surface area (Å²) in [5, 5.41) is 0. The molecule has 0 spiro atoms. The predicted octanol–water partition coefficient (Wildman–Crippen LogP) is 5.45. The van der Waals surface area contributed by atoms with E-state index in [4.69, 9.17) is 0 Å². The van der Waals surface area contributed by atoms with E-state index in [1.165, 1.54) is 70.1 Å². The molecule has 4 unspecified atom stereocenters. The number of fused-ring (bicyclic) bond motifs is 5. The van der Waals surface area contributed by atoms with E-state index in [0.29, 0.717) is 0 Å². The summed E-state index contributed by atoms with van der Waals surface area (Å²) < 4.78 is 0. The molecule has 0 nitrogen and oxygen atoms in total. The molecule has 0 N–H and O–H groups in total. The number of hydrogen-bond donors (Lipinski definition) is 0. The summed E-state index contributed by atoms with van der Waals surface area (Å²) in [6.45, 7) is 0. The Morgan fingerprint density at radius 1 is 0.762 bits per heavy atom. The van der Waals surface area contributed by atoms with Gasteiger partial charge >= 0.3 is 0 Å². The van der Waals surface area contributed by atoms with Gasteiger partial charge in [-0.2, -0.15) is 0 Å². The Bertz CT molecular complexity index is 438. The molecule has 116 valence electrons.